The molecule has 1 fully saturated rings. The molecule has 0 bridgehead atoms. The summed E-state index contributed by atoms with van der Waals surface area (Å²) in [5, 5.41) is 0. The van der Waals surface area contributed by atoms with Gasteiger partial charge in [-0.15, -0.1) is 0 Å². The van der Waals surface area contributed by atoms with Crippen molar-refractivity contribution in [3.63, 3.8) is 0 Å². The van der Waals surface area contributed by atoms with Gasteiger partial charge in [-0.1, -0.05) is 13.8 Å². The lowest BCUT2D eigenvalue weighted by atomic mass is 9.93. The zero-order chi connectivity index (χ0) is 9.14. The summed E-state index contributed by atoms with van der Waals surface area (Å²) < 4.78 is 4.72. The normalized spacial score (nSPS) is 29.3. The molecule has 0 amide bonds. The van der Waals surface area contributed by atoms with E-state index < -0.39 is 0 Å². The molecule has 0 aliphatic heterocycles. The standard InChI is InChI=1S/C10H18O2/c1-7(2)8-4-5-9(6-8)10(11)12-3/h7-9H,4-6H2,1-3H3/t8-,9-/m1/s1. The average molecular weight is 170 g/mol. The Labute approximate surface area is 74.3 Å². The Bertz CT molecular complexity index is 163. The van der Waals surface area contributed by atoms with Crippen LogP contribution in [0.1, 0.15) is 33.1 Å². The maximum atomic E-state index is 11.2. The van der Waals surface area contributed by atoms with E-state index in [4.69, 9.17) is 4.74 Å². The Morgan fingerprint density at radius 2 is 2.08 bits per heavy atom. The van der Waals surface area contributed by atoms with Gasteiger partial charge in [0.15, 0.2) is 0 Å². The summed E-state index contributed by atoms with van der Waals surface area (Å²) in [5.74, 6) is 1.61. The van der Waals surface area contributed by atoms with Crippen molar-refractivity contribution in [2.45, 2.75) is 33.1 Å². The van der Waals surface area contributed by atoms with Gasteiger partial charge in [-0.25, -0.2) is 0 Å². The lowest BCUT2D eigenvalue weighted by Gasteiger charge is -2.13. The number of hydrogen-bond acceptors (Lipinski definition) is 2. The van der Waals surface area contributed by atoms with Crippen LogP contribution >= 0.6 is 0 Å². The van der Waals surface area contributed by atoms with Crippen molar-refractivity contribution in [2.75, 3.05) is 7.11 Å². The highest BCUT2D eigenvalue weighted by atomic mass is 16.5. The van der Waals surface area contributed by atoms with Crippen LogP contribution in [0.2, 0.25) is 0 Å². The van der Waals surface area contributed by atoms with Gasteiger partial charge in [0.1, 0.15) is 0 Å². The van der Waals surface area contributed by atoms with Crippen LogP contribution in [0.15, 0.2) is 0 Å². The van der Waals surface area contributed by atoms with Gasteiger partial charge in [0.2, 0.25) is 0 Å². The summed E-state index contributed by atoms with van der Waals surface area (Å²) >= 11 is 0. The van der Waals surface area contributed by atoms with E-state index in [1.54, 1.807) is 0 Å². The average Bonchev–Trinajstić information content (AvgIpc) is 2.51. The molecule has 0 radical (unpaired) electrons. The lowest BCUT2D eigenvalue weighted by molar-refractivity contribution is -0.145. The fourth-order valence-electron chi connectivity index (χ4n) is 2.00. The molecule has 0 saturated heterocycles. The summed E-state index contributed by atoms with van der Waals surface area (Å²) in [6.45, 7) is 4.45. The molecule has 2 atom stereocenters. The van der Waals surface area contributed by atoms with Gasteiger partial charge in [0.25, 0.3) is 0 Å². The van der Waals surface area contributed by atoms with Crippen molar-refractivity contribution in [1.82, 2.24) is 0 Å². The molecule has 12 heavy (non-hydrogen) atoms. The van der Waals surface area contributed by atoms with Crippen LogP contribution in [0.25, 0.3) is 0 Å². The summed E-state index contributed by atoms with van der Waals surface area (Å²) in [7, 11) is 1.48. The second-order valence-corrected chi connectivity index (χ2v) is 4.04. The molecule has 1 saturated carbocycles. The first-order chi connectivity index (χ1) is 5.65. The van der Waals surface area contributed by atoms with E-state index in [1.165, 1.54) is 13.5 Å². The van der Waals surface area contributed by atoms with Crippen molar-refractivity contribution >= 4 is 5.97 Å². The Morgan fingerprint density at radius 3 is 2.50 bits per heavy atom. The SMILES string of the molecule is COC(=O)[C@@H]1CC[C@@H](C(C)C)C1. The van der Waals surface area contributed by atoms with Gasteiger partial charge in [-0.05, 0) is 31.1 Å². The third-order valence-corrected chi connectivity index (χ3v) is 2.95. The van der Waals surface area contributed by atoms with Crippen LogP contribution in [0, 0.1) is 17.8 Å². The van der Waals surface area contributed by atoms with Gasteiger partial charge in [0, 0.05) is 0 Å². The minimum absolute atomic E-state index is 0.0156. The number of esters is 1. The summed E-state index contributed by atoms with van der Waals surface area (Å²) in [4.78, 5) is 11.2. The third-order valence-electron chi connectivity index (χ3n) is 2.95. The first-order valence-electron chi connectivity index (χ1n) is 4.73. The van der Waals surface area contributed by atoms with E-state index in [0.717, 1.165) is 18.8 Å². The van der Waals surface area contributed by atoms with E-state index in [-0.39, 0.29) is 11.9 Å². The maximum Gasteiger partial charge on any atom is 0.308 e. The van der Waals surface area contributed by atoms with Crippen molar-refractivity contribution in [3.8, 4) is 0 Å². The molecule has 1 aliphatic carbocycles. The number of rotatable bonds is 2. The van der Waals surface area contributed by atoms with E-state index in [9.17, 15) is 4.79 Å². The van der Waals surface area contributed by atoms with Crippen molar-refractivity contribution < 1.29 is 9.53 Å². The molecule has 70 valence electrons. The Kier molecular flexibility index (Phi) is 3.12. The Hall–Kier alpha value is -0.530. The van der Waals surface area contributed by atoms with Crippen molar-refractivity contribution in [2.24, 2.45) is 17.8 Å². The molecule has 1 rings (SSSR count). The van der Waals surface area contributed by atoms with Crippen LogP contribution in [-0.2, 0) is 9.53 Å². The second kappa shape index (κ2) is 3.92. The summed E-state index contributed by atoms with van der Waals surface area (Å²) in [6.07, 6.45) is 3.25. The molecule has 0 N–H and O–H groups in total. The smallest absolute Gasteiger partial charge is 0.308 e. The fourth-order valence-corrected chi connectivity index (χ4v) is 2.00. The number of hydrogen-bond donors (Lipinski definition) is 0. The summed E-state index contributed by atoms with van der Waals surface area (Å²) in [6, 6.07) is 0. The van der Waals surface area contributed by atoms with Crippen LogP contribution < -0.4 is 0 Å². The molecule has 0 heterocycles. The number of methoxy groups -OCH3 is 1. The van der Waals surface area contributed by atoms with Crippen LogP contribution in [0.5, 0.6) is 0 Å². The zero-order valence-corrected chi connectivity index (χ0v) is 8.17. The van der Waals surface area contributed by atoms with Crippen molar-refractivity contribution in [1.29, 1.82) is 0 Å². The van der Waals surface area contributed by atoms with Gasteiger partial charge >= 0.3 is 5.97 Å². The molecular weight excluding hydrogens is 152 g/mol. The molecule has 0 aromatic heterocycles. The predicted octanol–water partition coefficient (Wildman–Crippen LogP) is 2.23. The molecule has 0 aromatic carbocycles. The minimum Gasteiger partial charge on any atom is -0.469 e. The van der Waals surface area contributed by atoms with E-state index in [0.29, 0.717) is 5.92 Å². The molecule has 1 aliphatic rings. The number of ether oxygens (including phenoxy) is 1. The quantitative estimate of drug-likeness (QED) is 0.594. The highest BCUT2D eigenvalue weighted by Gasteiger charge is 2.31. The largest absolute Gasteiger partial charge is 0.469 e. The van der Waals surface area contributed by atoms with Crippen LogP contribution in [0.4, 0.5) is 0 Å². The molecule has 0 unspecified atom stereocenters. The van der Waals surface area contributed by atoms with E-state index >= 15 is 0 Å². The third kappa shape index (κ3) is 1.99. The monoisotopic (exact) mass is 170 g/mol. The van der Waals surface area contributed by atoms with Crippen molar-refractivity contribution in [3.05, 3.63) is 0 Å². The van der Waals surface area contributed by atoms with E-state index in [1.807, 2.05) is 0 Å². The van der Waals surface area contributed by atoms with E-state index in [2.05, 4.69) is 13.8 Å². The van der Waals surface area contributed by atoms with Gasteiger partial charge in [-0.2, -0.15) is 0 Å². The molecule has 2 nitrogen and oxygen atoms in total. The number of carbonyl (C=O) groups excluding carboxylic acids is 1. The predicted molar refractivity (Wildman–Crippen MR) is 47.7 cm³/mol. The summed E-state index contributed by atoms with van der Waals surface area (Å²) in [5.41, 5.74) is 0. The van der Waals surface area contributed by atoms with Crippen LogP contribution in [0.3, 0.4) is 0 Å². The first-order valence-corrected chi connectivity index (χ1v) is 4.73. The lowest BCUT2D eigenvalue weighted by Crippen LogP contribution is -2.13. The second-order valence-electron chi connectivity index (χ2n) is 4.04. The number of carbonyl (C=O) groups is 1. The topological polar surface area (TPSA) is 26.3 Å². The zero-order valence-electron chi connectivity index (χ0n) is 8.17. The van der Waals surface area contributed by atoms with Crippen LogP contribution in [-0.4, -0.2) is 13.1 Å². The van der Waals surface area contributed by atoms with Gasteiger partial charge < -0.3 is 4.74 Å². The fraction of sp³-hybridized carbons (Fsp3) is 0.900. The highest BCUT2D eigenvalue weighted by Crippen LogP contribution is 2.35. The Balaban J connectivity index is 2.40. The molecular formula is C10H18O2. The molecule has 0 spiro atoms. The maximum absolute atomic E-state index is 11.2. The van der Waals surface area contributed by atoms with Gasteiger partial charge in [0.05, 0.1) is 13.0 Å². The first kappa shape index (κ1) is 9.56. The minimum atomic E-state index is -0.0156. The molecule has 2 heteroatoms. The Morgan fingerprint density at radius 1 is 1.42 bits per heavy atom. The highest BCUT2D eigenvalue weighted by molar-refractivity contribution is 5.72. The molecule has 0 aromatic rings. The van der Waals surface area contributed by atoms with Gasteiger partial charge in [-0.3, -0.25) is 4.79 Å².